The standard InChI is InChI=1S/C16H16N6O2S/c1-10-7-13(24-20-10)15-14(19-21-25-15)11-3-2-6-22(9-11)16(23)12-8-17-4-5-18-12/h4-5,7-8,11H,2-3,6,9H2,1H3/t11-/m1/s1. The van der Waals surface area contributed by atoms with E-state index in [1.165, 1.54) is 23.9 Å². The average Bonchev–Trinajstić information content (AvgIpc) is 3.30. The van der Waals surface area contributed by atoms with Crippen molar-refractivity contribution in [1.29, 1.82) is 0 Å². The van der Waals surface area contributed by atoms with Gasteiger partial charge in [0.05, 0.1) is 17.6 Å². The lowest BCUT2D eigenvalue weighted by molar-refractivity contribution is 0.0699. The van der Waals surface area contributed by atoms with Crippen LogP contribution in [0.15, 0.2) is 29.2 Å². The second-order valence-corrected chi connectivity index (χ2v) is 6.75. The third-order valence-corrected chi connectivity index (χ3v) is 5.00. The Morgan fingerprint density at radius 3 is 3.08 bits per heavy atom. The highest BCUT2D eigenvalue weighted by molar-refractivity contribution is 7.09. The Morgan fingerprint density at radius 2 is 2.32 bits per heavy atom. The highest BCUT2D eigenvalue weighted by Crippen LogP contribution is 2.35. The van der Waals surface area contributed by atoms with Crippen LogP contribution in [0.4, 0.5) is 0 Å². The maximum Gasteiger partial charge on any atom is 0.274 e. The summed E-state index contributed by atoms with van der Waals surface area (Å²) in [7, 11) is 0. The van der Waals surface area contributed by atoms with Gasteiger partial charge in [-0.25, -0.2) is 4.98 Å². The maximum atomic E-state index is 12.6. The molecule has 4 rings (SSSR count). The Kier molecular flexibility index (Phi) is 4.22. The lowest BCUT2D eigenvalue weighted by Crippen LogP contribution is -2.39. The molecule has 1 atom stereocenters. The van der Waals surface area contributed by atoms with Crippen molar-refractivity contribution >= 4 is 17.4 Å². The second kappa shape index (κ2) is 6.67. The first-order chi connectivity index (χ1) is 12.2. The summed E-state index contributed by atoms with van der Waals surface area (Å²) in [5.41, 5.74) is 2.06. The highest BCUT2D eigenvalue weighted by atomic mass is 32.1. The molecule has 0 bridgehead atoms. The largest absolute Gasteiger partial charge is 0.355 e. The number of carbonyl (C=O) groups is 1. The third-order valence-electron chi connectivity index (χ3n) is 4.24. The van der Waals surface area contributed by atoms with E-state index in [-0.39, 0.29) is 11.8 Å². The molecule has 3 aromatic rings. The summed E-state index contributed by atoms with van der Waals surface area (Å²) in [5, 5.41) is 8.24. The zero-order valence-corrected chi connectivity index (χ0v) is 14.4. The van der Waals surface area contributed by atoms with Crippen LogP contribution < -0.4 is 0 Å². The molecule has 0 aliphatic carbocycles. The van der Waals surface area contributed by atoms with E-state index in [0.717, 1.165) is 29.1 Å². The summed E-state index contributed by atoms with van der Waals surface area (Å²) < 4.78 is 9.45. The number of nitrogens with zero attached hydrogens (tertiary/aromatic N) is 6. The first-order valence-corrected chi connectivity index (χ1v) is 8.81. The maximum absolute atomic E-state index is 12.6. The average molecular weight is 356 g/mol. The van der Waals surface area contributed by atoms with Gasteiger partial charge in [-0.2, -0.15) is 0 Å². The van der Waals surface area contributed by atoms with E-state index in [4.69, 9.17) is 4.52 Å². The molecule has 0 aromatic carbocycles. The van der Waals surface area contributed by atoms with Crippen LogP contribution in [0.5, 0.6) is 0 Å². The Labute approximate surface area is 148 Å². The fourth-order valence-electron chi connectivity index (χ4n) is 3.06. The molecule has 1 amide bonds. The molecule has 0 saturated carbocycles. The molecular formula is C16H16N6O2S. The normalized spacial score (nSPS) is 17.6. The minimum atomic E-state index is -0.0990. The van der Waals surface area contributed by atoms with Crippen LogP contribution in [-0.2, 0) is 0 Å². The van der Waals surface area contributed by atoms with Crippen molar-refractivity contribution < 1.29 is 9.32 Å². The summed E-state index contributed by atoms with van der Waals surface area (Å²) in [4.78, 5) is 23.4. The monoisotopic (exact) mass is 356 g/mol. The topological polar surface area (TPSA) is 97.9 Å². The summed E-state index contributed by atoms with van der Waals surface area (Å²) in [6, 6.07) is 1.88. The van der Waals surface area contributed by atoms with E-state index >= 15 is 0 Å². The number of hydrogen-bond donors (Lipinski definition) is 0. The van der Waals surface area contributed by atoms with Crippen molar-refractivity contribution in [2.45, 2.75) is 25.7 Å². The number of piperidine rings is 1. The Balaban J connectivity index is 1.56. The number of likely N-dealkylation sites (tertiary alicyclic amines) is 1. The fraction of sp³-hybridized carbons (Fsp3) is 0.375. The predicted octanol–water partition coefficient (Wildman–Crippen LogP) is 2.31. The number of hydrogen-bond acceptors (Lipinski definition) is 8. The van der Waals surface area contributed by atoms with Crippen molar-refractivity contribution in [1.82, 2.24) is 29.6 Å². The van der Waals surface area contributed by atoms with Gasteiger partial charge in [-0.3, -0.25) is 9.78 Å². The van der Waals surface area contributed by atoms with Crippen molar-refractivity contribution in [3.63, 3.8) is 0 Å². The van der Waals surface area contributed by atoms with Gasteiger partial charge in [0, 0.05) is 37.5 Å². The molecule has 25 heavy (non-hydrogen) atoms. The molecule has 1 aliphatic rings. The van der Waals surface area contributed by atoms with Crippen LogP contribution in [0.1, 0.15) is 40.6 Å². The molecule has 0 spiro atoms. The SMILES string of the molecule is Cc1cc(-c2snnc2[C@@H]2CCCN(C(=O)c3cnccn3)C2)on1. The summed E-state index contributed by atoms with van der Waals surface area (Å²) >= 11 is 1.29. The van der Waals surface area contributed by atoms with Gasteiger partial charge >= 0.3 is 0 Å². The molecule has 0 unspecified atom stereocenters. The summed E-state index contributed by atoms with van der Waals surface area (Å²) in [5.74, 6) is 0.700. The molecule has 1 fully saturated rings. The Bertz CT molecular complexity index is 878. The van der Waals surface area contributed by atoms with Crippen LogP contribution in [-0.4, -0.2) is 48.6 Å². The lowest BCUT2D eigenvalue weighted by Gasteiger charge is -2.31. The number of aromatic nitrogens is 5. The number of carbonyl (C=O) groups excluding carboxylic acids is 1. The molecule has 9 heteroatoms. The molecular weight excluding hydrogens is 340 g/mol. The Morgan fingerprint density at radius 1 is 1.40 bits per heavy atom. The number of amides is 1. The molecule has 128 valence electrons. The van der Waals surface area contributed by atoms with Crippen LogP contribution in [0, 0.1) is 6.92 Å². The number of aryl methyl sites for hydroxylation is 1. The third kappa shape index (κ3) is 3.14. The fourth-order valence-corrected chi connectivity index (χ4v) is 3.76. The summed E-state index contributed by atoms with van der Waals surface area (Å²) in [6.07, 6.45) is 6.45. The van der Waals surface area contributed by atoms with E-state index in [9.17, 15) is 4.79 Å². The van der Waals surface area contributed by atoms with Crippen molar-refractivity contribution in [3.05, 3.63) is 41.7 Å². The van der Waals surface area contributed by atoms with E-state index in [0.29, 0.717) is 24.5 Å². The second-order valence-electron chi connectivity index (χ2n) is 6.00. The predicted molar refractivity (Wildman–Crippen MR) is 90.1 cm³/mol. The van der Waals surface area contributed by atoms with E-state index in [1.807, 2.05) is 17.9 Å². The minimum absolute atomic E-state index is 0.0990. The van der Waals surface area contributed by atoms with Crippen LogP contribution in [0.3, 0.4) is 0 Å². The van der Waals surface area contributed by atoms with Gasteiger partial charge in [-0.15, -0.1) is 5.10 Å². The zero-order chi connectivity index (χ0) is 17.2. The van der Waals surface area contributed by atoms with Crippen LogP contribution >= 0.6 is 11.5 Å². The van der Waals surface area contributed by atoms with Gasteiger partial charge in [0.15, 0.2) is 5.76 Å². The molecule has 3 aromatic heterocycles. The van der Waals surface area contributed by atoms with Gasteiger partial charge in [0.1, 0.15) is 10.6 Å². The number of rotatable bonds is 3. The molecule has 0 N–H and O–H groups in total. The van der Waals surface area contributed by atoms with Crippen molar-refractivity contribution in [3.8, 4) is 10.6 Å². The van der Waals surface area contributed by atoms with E-state index < -0.39 is 0 Å². The summed E-state index contributed by atoms with van der Waals surface area (Å²) in [6.45, 7) is 3.17. The van der Waals surface area contributed by atoms with E-state index in [1.54, 1.807) is 6.20 Å². The molecule has 1 saturated heterocycles. The molecule has 1 aliphatic heterocycles. The smallest absolute Gasteiger partial charge is 0.274 e. The quantitative estimate of drug-likeness (QED) is 0.710. The van der Waals surface area contributed by atoms with Gasteiger partial charge in [0.2, 0.25) is 0 Å². The molecule has 0 radical (unpaired) electrons. The lowest BCUT2D eigenvalue weighted by atomic mass is 9.93. The van der Waals surface area contributed by atoms with Crippen LogP contribution in [0.2, 0.25) is 0 Å². The van der Waals surface area contributed by atoms with E-state index in [2.05, 4.69) is 24.7 Å². The van der Waals surface area contributed by atoms with Crippen molar-refractivity contribution in [2.75, 3.05) is 13.1 Å². The van der Waals surface area contributed by atoms with Crippen LogP contribution in [0.25, 0.3) is 10.6 Å². The van der Waals surface area contributed by atoms with Gasteiger partial charge < -0.3 is 9.42 Å². The molecule has 4 heterocycles. The Hall–Kier alpha value is -2.68. The first kappa shape index (κ1) is 15.8. The highest BCUT2D eigenvalue weighted by Gasteiger charge is 2.30. The van der Waals surface area contributed by atoms with Gasteiger partial charge in [-0.1, -0.05) is 9.64 Å². The molecule has 8 nitrogen and oxygen atoms in total. The zero-order valence-electron chi connectivity index (χ0n) is 13.6. The van der Waals surface area contributed by atoms with Crippen molar-refractivity contribution in [2.24, 2.45) is 0 Å². The van der Waals surface area contributed by atoms with Gasteiger partial charge in [0.25, 0.3) is 5.91 Å². The first-order valence-electron chi connectivity index (χ1n) is 8.03. The minimum Gasteiger partial charge on any atom is -0.355 e. The van der Waals surface area contributed by atoms with Gasteiger partial charge in [-0.05, 0) is 31.3 Å².